The van der Waals surface area contributed by atoms with Crippen molar-refractivity contribution >= 4 is 0 Å². The molecule has 1 N–H and O–H groups in total. The van der Waals surface area contributed by atoms with Gasteiger partial charge in [0.1, 0.15) is 0 Å². The molecule has 0 radical (unpaired) electrons. The van der Waals surface area contributed by atoms with Crippen LogP contribution in [0.5, 0.6) is 0 Å². The van der Waals surface area contributed by atoms with Gasteiger partial charge >= 0.3 is 0 Å². The predicted molar refractivity (Wildman–Crippen MR) is 53.4 cm³/mol. The molecule has 1 fully saturated rings. The molecule has 0 aliphatic carbocycles. The van der Waals surface area contributed by atoms with Crippen LogP contribution in [0.2, 0.25) is 0 Å². The Morgan fingerprint density at radius 1 is 1.33 bits per heavy atom. The smallest absolute Gasteiger partial charge is 0.0246 e. The first-order chi connectivity index (χ1) is 5.79. The Bertz CT molecular complexity index is 121. The van der Waals surface area contributed by atoms with Crippen molar-refractivity contribution in [3.05, 3.63) is 0 Å². The SMILES string of the molecule is CCN(CC)[C@@H]1CCCN[C@@H]1C. The molecule has 1 aliphatic heterocycles. The topological polar surface area (TPSA) is 15.3 Å². The second-order valence-electron chi connectivity index (χ2n) is 3.67. The standard InChI is InChI=1S/C10H22N2/c1-4-12(5-2)10-7-6-8-11-9(10)3/h9-11H,4-8H2,1-3H3/t9-,10-/m1/s1. The molecule has 1 rings (SSSR count). The third-order valence-electron chi connectivity index (χ3n) is 3.00. The summed E-state index contributed by atoms with van der Waals surface area (Å²) in [7, 11) is 0. The largest absolute Gasteiger partial charge is 0.313 e. The fourth-order valence-electron chi connectivity index (χ4n) is 2.22. The molecule has 0 bridgehead atoms. The van der Waals surface area contributed by atoms with Gasteiger partial charge in [0.2, 0.25) is 0 Å². The number of hydrogen-bond donors (Lipinski definition) is 1. The van der Waals surface area contributed by atoms with Crippen molar-refractivity contribution in [2.75, 3.05) is 19.6 Å². The van der Waals surface area contributed by atoms with Gasteiger partial charge in [-0.05, 0) is 39.4 Å². The summed E-state index contributed by atoms with van der Waals surface area (Å²) in [6.45, 7) is 10.4. The van der Waals surface area contributed by atoms with Crippen molar-refractivity contribution in [1.29, 1.82) is 0 Å². The highest BCUT2D eigenvalue weighted by molar-refractivity contribution is 4.84. The zero-order chi connectivity index (χ0) is 8.97. The van der Waals surface area contributed by atoms with Crippen molar-refractivity contribution in [1.82, 2.24) is 10.2 Å². The molecular formula is C10H22N2. The van der Waals surface area contributed by atoms with E-state index in [1.807, 2.05) is 0 Å². The number of rotatable bonds is 3. The van der Waals surface area contributed by atoms with E-state index in [0.717, 1.165) is 6.04 Å². The highest BCUT2D eigenvalue weighted by Gasteiger charge is 2.24. The Morgan fingerprint density at radius 2 is 2.00 bits per heavy atom. The quantitative estimate of drug-likeness (QED) is 0.690. The van der Waals surface area contributed by atoms with Gasteiger partial charge in [0, 0.05) is 12.1 Å². The van der Waals surface area contributed by atoms with Crippen molar-refractivity contribution in [3.8, 4) is 0 Å². The molecule has 0 amide bonds. The van der Waals surface area contributed by atoms with E-state index in [1.54, 1.807) is 0 Å². The molecule has 0 unspecified atom stereocenters. The Hall–Kier alpha value is -0.0800. The Balaban J connectivity index is 2.45. The molecule has 2 atom stereocenters. The van der Waals surface area contributed by atoms with E-state index in [4.69, 9.17) is 0 Å². The summed E-state index contributed by atoms with van der Waals surface area (Å²) in [5.74, 6) is 0. The molecule has 12 heavy (non-hydrogen) atoms. The van der Waals surface area contributed by atoms with Crippen LogP contribution in [0.15, 0.2) is 0 Å². The molecule has 0 spiro atoms. The first-order valence-corrected chi connectivity index (χ1v) is 5.27. The molecule has 0 aromatic heterocycles. The van der Waals surface area contributed by atoms with E-state index in [2.05, 4.69) is 31.0 Å². The summed E-state index contributed by atoms with van der Waals surface area (Å²) >= 11 is 0. The summed E-state index contributed by atoms with van der Waals surface area (Å²) < 4.78 is 0. The normalized spacial score (nSPS) is 31.0. The molecule has 1 heterocycles. The van der Waals surface area contributed by atoms with Gasteiger partial charge < -0.3 is 5.32 Å². The number of likely N-dealkylation sites (N-methyl/N-ethyl adjacent to an activating group) is 1. The molecule has 2 heteroatoms. The Labute approximate surface area is 76.3 Å². The predicted octanol–water partition coefficient (Wildman–Crippen LogP) is 1.47. The first kappa shape index (κ1) is 10.0. The minimum Gasteiger partial charge on any atom is -0.313 e. The molecule has 1 aliphatic rings. The van der Waals surface area contributed by atoms with Gasteiger partial charge in [-0.25, -0.2) is 0 Å². The minimum atomic E-state index is 0.679. The van der Waals surface area contributed by atoms with Gasteiger partial charge in [-0.3, -0.25) is 4.90 Å². The Kier molecular flexibility index (Phi) is 4.02. The molecule has 2 nitrogen and oxygen atoms in total. The first-order valence-electron chi connectivity index (χ1n) is 5.27. The maximum atomic E-state index is 3.54. The van der Waals surface area contributed by atoms with E-state index >= 15 is 0 Å². The lowest BCUT2D eigenvalue weighted by molar-refractivity contribution is 0.147. The van der Waals surface area contributed by atoms with Crippen LogP contribution in [0.4, 0.5) is 0 Å². The average molecular weight is 170 g/mol. The fourth-order valence-corrected chi connectivity index (χ4v) is 2.22. The monoisotopic (exact) mass is 170 g/mol. The van der Waals surface area contributed by atoms with Crippen molar-refractivity contribution in [3.63, 3.8) is 0 Å². The van der Waals surface area contributed by atoms with Crippen LogP contribution in [0.1, 0.15) is 33.6 Å². The van der Waals surface area contributed by atoms with Crippen molar-refractivity contribution in [2.24, 2.45) is 0 Å². The van der Waals surface area contributed by atoms with Gasteiger partial charge in [0.15, 0.2) is 0 Å². The van der Waals surface area contributed by atoms with Gasteiger partial charge in [-0.15, -0.1) is 0 Å². The summed E-state index contributed by atoms with van der Waals surface area (Å²) in [6.07, 6.45) is 2.71. The van der Waals surface area contributed by atoms with E-state index in [-0.39, 0.29) is 0 Å². The van der Waals surface area contributed by atoms with Crippen LogP contribution in [-0.2, 0) is 0 Å². The molecule has 1 saturated heterocycles. The number of nitrogens with one attached hydrogen (secondary N) is 1. The van der Waals surface area contributed by atoms with Gasteiger partial charge in [0.05, 0.1) is 0 Å². The highest BCUT2D eigenvalue weighted by atomic mass is 15.2. The van der Waals surface area contributed by atoms with Gasteiger partial charge in [-0.1, -0.05) is 13.8 Å². The zero-order valence-electron chi connectivity index (χ0n) is 8.64. The molecule has 72 valence electrons. The van der Waals surface area contributed by atoms with Crippen molar-refractivity contribution in [2.45, 2.75) is 45.7 Å². The van der Waals surface area contributed by atoms with Crippen LogP contribution in [0.25, 0.3) is 0 Å². The molecular weight excluding hydrogens is 148 g/mol. The second-order valence-corrected chi connectivity index (χ2v) is 3.67. The van der Waals surface area contributed by atoms with Crippen LogP contribution in [-0.4, -0.2) is 36.6 Å². The van der Waals surface area contributed by atoms with E-state index < -0.39 is 0 Å². The van der Waals surface area contributed by atoms with E-state index in [0.29, 0.717) is 6.04 Å². The molecule has 0 aromatic rings. The number of hydrogen-bond acceptors (Lipinski definition) is 2. The van der Waals surface area contributed by atoms with Crippen LogP contribution in [0, 0.1) is 0 Å². The van der Waals surface area contributed by atoms with Gasteiger partial charge in [0.25, 0.3) is 0 Å². The van der Waals surface area contributed by atoms with Crippen LogP contribution in [0.3, 0.4) is 0 Å². The third kappa shape index (κ3) is 2.20. The third-order valence-corrected chi connectivity index (χ3v) is 3.00. The molecule has 0 aromatic carbocycles. The maximum Gasteiger partial charge on any atom is 0.0246 e. The van der Waals surface area contributed by atoms with Crippen LogP contribution >= 0.6 is 0 Å². The summed E-state index contributed by atoms with van der Waals surface area (Å²) in [5.41, 5.74) is 0. The Morgan fingerprint density at radius 3 is 2.50 bits per heavy atom. The van der Waals surface area contributed by atoms with E-state index in [1.165, 1.54) is 32.5 Å². The minimum absolute atomic E-state index is 0.679. The van der Waals surface area contributed by atoms with Crippen molar-refractivity contribution < 1.29 is 0 Å². The lowest BCUT2D eigenvalue weighted by Crippen LogP contribution is -2.51. The summed E-state index contributed by atoms with van der Waals surface area (Å²) in [6, 6.07) is 1.45. The van der Waals surface area contributed by atoms with Crippen LogP contribution < -0.4 is 5.32 Å². The second kappa shape index (κ2) is 4.83. The summed E-state index contributed by atoms with van der Waals surface area (Å²) in [5, 5.41) is 3.54. The lowest BCUT2D eigenvalue weighted by atomic mass is 9.98. The molecule has 0 saturated carbocycles. The average Bonchev–Trinajstić information content (AvgIpc) is 2.10. The zero-order valence-corrected chi connectivity index (χ0v) is 8.64. The van der Waals surface area contributed by atoms with E-state index in [9.17, 15) is 0 Å². The fraction of sp³-hybridized carbons (Fsp3) is 1.00. The highest BCUT2D eigenvalue weighted by Crippen LogP contribution is 2.14. The summed E-state index contributed by atoms with van der Waals surface area (Å²) in [4.78, 5) is 2.57. The van der Waals surface area contributed by atoms with Gasteiger partial charge in [-0.2, -0.15) is 0 Å². The number of nitrogens with zero attached hydrogens (tertiary/aromatic N) is 1. The maximum absolute atomic E-state index is 3.54. The number of piperidine rings is 1. The lowest BCUT2D eigenvalue weighted by Gasteiger charge is -2.38.